The summed E-state index contributed by atoms with van der Waals surface area (Å²) in [5.74, 6) is 0.358. The molecular formula is C22H28N2O3. The highest BCUT2D eigenvalue weighted by molar-refractivity contribution is 5.88. The Kier molecular flexibility index (Phi) is 7.41. The van der Waals surface area contributed by atoms with Gasteiger partial charge in [0.15, 0.2) is 0 Å². The smallest absolute Gasteiger partial charge is 0.242 e. The highest BCUT2D eigenvalue weighted by Gasteiger charge is 2.27. The third-order valence-corrected chi connectivity index (χ3v) is 4.45. The third kappa shape index (κ3) is 5.84. The van der Waals surface area contributed by atoms with Crippen LogP contribution < -0.4 is 10.1 Å². The third-order valence-electron chi connectivity index (χ3n) is 4.45. The molecule has 1 atom stereocenters. The van der Waals surface area contributed by atoms with E-state index in [1.165, 1.54) is 0 Å². The van der Waals surface area contributed by atoms with E-state index in [9.17, 15) is 9.59 Å². The molecule has 0 aliphatic carbocycles. The maximum absolute atomic E-state index is 12.7. The predicted molar refractivity (Wildman–Crippen MR) is 106 cm³/mol. The Morgan fingerprint density at radius 1 is 0.963 bits per heavy atom. The highest BCUT2D eigenvalue weighted by atomic mass is 16.5. The van der Waals surface area contributed by atoms with Gasteiger partial charge in [-0.1, -0.05) is 56.3 Å². The van der Waals surface area contributed by atoms with Crippen molar-refractivity contribution in [3.8, 4) is 5.75 Å². The Bertz CT molecular complexity index is 742. The summed E-state index contributed by atoms with van der Waals surface area (Å²) in [5.41, 5.74) is 1.97. The van der Waals surface area contributed by atoms with Crippen molar-refractivity contribution in [2.45, 2.75) is 39.9 Å². The van der Waals surface area contributed by atoms with E-state index in [0.717, 1.165) is 16.9 Å². The molecule has 1 N–H and O–H groups in total. The first-order valence-corrected chi connectivity index (χ1v) is 9.17. The summed E-state index contributed by atoms with van der Waals surface area (Å²) in [4.78, 5) is 27.0. The summed E-state index contributed by atoms with van der Waals surface area (Å²) in [6, 6.07) is 16.7. The minimum absolute atomic E-state index is 0.0480. The number of amides is 2. The Hall–Kier alpha value is -2.82. The molecule has 2 amide bonds. The number of carbonyl (C=O) groups is 2. The standard InChI is InChI=1S/C22H28N2O3/c1-16(2)22(26)24(15-19-10-12-20(27-4)13-11-19)17(3)21(25)23-14-18-8-6-5-7-9-18/h5-13,16-17H,14-15H2,1-4H3,(H,23,25)/t17-/m1/s1. The second-order valence-electron chi connectivity index (χ2n) is 6.85. The molecule has 0 aliphatic rings. The van der Waals surface area contributed by atoms with Crippen molar-refractivity contribution in [3.63, 3.8) is 0 Å². The quantitative estimate of drug-likeness (QED) is 0.777. The van der Waals surface area contributed by atoms with Crippen LogP contribution in [0, 0.1) is 5.92 Å². The van der Waals surface area contributed by atoms with Gasteiger partial charge in [-0.05, 0) is 30.2 Å². The maximum Gasteiger partial charge on any atom is 0.242 e. The fraction of sp³-hybridized carbons (Fsp3) is 0.364. The van der Waals surface area contributed by atoms with Crippen LogP contribution in [0.4, 0.5) is 0 Å². The van der Waals surface area contributed by atoms with Crippen molar-refractivity contribution in [2.24, 2.45) is 5.92 Å². The molecule has 2 rings (SSSR count). The summed E-state index contributed by atoms with van der Waals surface area (Å²) < 4.78 is 5.17. The summed E-state index contributed by atoms with van der Waals surface area (Å²) in [7, 11) is 1.61. The lowest BCUT2D eigenvalue weighted by Crippen LogP contribution is -2.48. The van der Waals surface area contributed by atoms with Gasteiger partial charge in [0.05, 0.1) is 7.11 Å². The first kappa shape index (κ1) is 20.5. The number of carbonyl (C=O) groups excluding carboxylic acids is 2. The van der Waals surface area contributed by atoms with Gasteiger partial charge in [0.25, 0.3) is 0 Å². The van der Waals surface area contributed by atoms with Crippen LogP contribution in [-0.2, 0) is 22.7 Å². The number of methoxy groups -OCH3 is 1. The van der Waals surface area contributed by atoms with Crippen LogP contribution in [0.5, 0.6) is 5.75 Å². The van der Waals surface area contributed by atoms with E-state index in [1.54, 1.807) is 18.9 Å². The van der Waals surface area contributed by atoms with Gasteiger partial charge < -0.3 is 15.0 Å². The number of nitrogens with zero attached hydrogens (tertiary/aromatic N) is 1. The topological polar surface area (TPSA) is 58.6 Å². The average Bonchev–Trinajstić information content (AvgIpc) is 2.70. The number of hydrogen-bond acceptors (Lipinski definition) is 3. The van der Waals surface area contributed by atoms with E-state index < -0.39 is 6.04 Å². The van der Waals surface area contributed by atoms with Crippen molar-refractivity contribution in [1.82, 2.24) is 10.2 Å². The monoisotopic (exact) mass is 368 g/mol. The van der Waals surface area contributed by atoms with E-state index in [1.807, 2.05) is 68.4 Å². The molecule has 0 saturated heterocycles. The van der Waals surface area contributed by atoms with Crippen LogP contribution in [0.15, 0.2) is 54.6 Å². The molecule has 27 heavy (non-hydrogen) atoms. The number of ether oxygens (including phenoxy) is 1. The van der Waals surface area contributed by atoms with Crippen LogP contribution >= 0.6 is 0 Å². The molecule has 5 heteroatoms. The molecule has 2 aromatic rings. The fourth-order valence-electron chi connectivity index (χ4n) is 2.74. The highest BCUT2D eigenvalue weighted by Crippen LogP contribution is 2.16. The van der Waals surface area contributed by atoms with Crippen molar-refractivity contribution in [2.75, 3.05) is 7.11 Å². The van der Waals surface area contributed by atoms with Crippen molar-refractivity contribution in [1.29, 1.82) is 0 Å². The number of hydrogen-bond donors (Lipinski definition) is 1. The second-order valence-corrected chi connectivity index (χ2v) is 6.85. The fourth-order valence-corrected chi connectivity index (χ4v) is 2.74. The zero-order valence-electron chi connectivity index (χ0n) is 16.4. The summed E-state index contributed by atoms with van der Waals surface area (Å²) in [6.07, 6.45) is 0. The van der Waals surface area contributed by atoms with Crippen molar-refractivity contribution >= 4 is 11.8 Å². The molecule has 0 unspecified atom stereocenters. The predicted octanol–water partition coefficient (Wildman–Crippen LogP) is 3.38. The van der Waals surface area contributed by atoms with Gasteiger partial charge in [-0.25, -0.2) is 0 Å². The molecule has 0 fully saturated rings. The van der Waals surface area contributed by atoms with E-state index in [0.29, 0.717) is 13.1 Å². The van der Waals surface area contributed by atoms with Crippen molar-refractivity contribution < 1.29 is 14.3 Å². The Labute approximate surface area is 161 Å². The van der Waals surface area contributed by atoms with Gasteiger partial charge in [-0.15, -0.1) is 0 Å². The second kappa shape index (κ2) is 9.76. The molecule has 144 valence electrons. The van der Waals surface area contributed by atoms with Crippen LogP contribution in [-0.4, -0.2) is 29.9 Å². The maximum atomic E-state index is 12.7. The minimum atomic E-state index is -0.564. The molecule has 2 aromatic carbocycles. The van der Waals surface area contributed by atoms with Crippen LogP contribution in [0.2, 0.25) is 0 Å². The Morgan fingerprint density at radius 3 is 2.15 bits per heavy atom. The largest absolute Gasteiger partial charge is 0.497 e. The molecule has 0 bridgehead atoms. The molecule has 0 saturated carbocycles. The van der Waals surface area contributed by atoms with Gasteiger partial charge in [-0.3, -0.25) is 9.59 Å². The Balaban J connectivity index is 2.09. The van der Waals surface area contributed by atoms with Crippen molar-refractivity contribution in [3.05, 3.63) is 65.7 Å². The number of nitrogens with one attached hydrogen (secondary N) is 1. The van der Waals surface area contributed by atoms with Gasteiger partial charge in [0, 0.05) is 19.0 Å². The van der Waals surface area contributed by atoms with E-state index >= 15 is 0 Å². The zero-order chi connectivity index (χ0) is 19.8. The van der Waals surface area contributed by atoms with Crippen LogP contribution in [0.3, 0.4) is 0 Å². The SMILES string of the molecule is COc1ccc(CN(C(=O)C(C)C)[C@H](C)C(=O)NCc2ccccc2)cc1. The molecule has 0 spiro atoms. The lowest BCUT2D eigenvalue weighted by atomic mass is 10.1. The van der Waals surface area contributed by atoms with E-state index in [2.05, 4.69) is 5.32 Å². The lowest BCUT2D eigenvalue weighted by molar-refractivity contribution is -0.143. The molecule has 0 radical (unpaired) electrons. The summed E-state index contributed by atoms with van der Waals surface area (Å²) in [5, 5.41) is 2.92. The van der Waals surface area contributed by atoms with E-state index in [-0.39, 0.29) is 17.7 Å². The molecule has 5 nitrogen and oxygen atoms in total. The van der Waals surface area contributed by atoms with Crippen LogP contribution in [0.1, 0.15) is 31.9 Å². The summed E-state index contributed by atoms with van der Waals surface area (Å²) in [6.45, 7) is 6.28. The number of rotatable bonds is 8. The molecular weight excluding hydrogens is 340 g/mol. The minimum Gasteiger partial charge on any atom is -0.497 e. The first-order chi connectivity index (χ1) is 12.9. The Morgan fingerprint density at radius 2 is 1.59 bits per heavy atom. The zero-order valence-corrected chi connectivity index (χ0v) is 16.4. The van der Waals surface area contributed by atoms with Gasteiger partial charge in [0.2, 0.25) is 11.8 Å². The van der Waals surface area contributed by atoms with Gasteiger partial charge >= 0.3 is 0 Å². The summed E-state index contributed by atoms with van der Waals surface area (Å²) >= 11 is 0. The molecule has 0 heterocycles. The molecule has 0 aromatic heterocycles. The van der Waals surface area contributed by atoms with Gasteiger partial charge in [-0.2, -0.15) is 0 Å². The molecule has 0 aliphatic heterocycles. The van der Waals surface area contributed by atoms with Gasteiger partial charge in [0.1, 0.15) is 11.8 Å². The van der Waals surface area contributed by atoms with Crippen LogP contribution in [0.25, 0.3) is 0 Å². The van der Waals surface area contributed by atoms with E-state index in [4.69, 9.17) is 4.74 Å². The number of benzene rings is 2. The first-order valence-electron chi connectivity index (χ1n) is 9.17. The normalized spacial score (nSPS) is 11.7. The lowest BCUT2D eigenvalue weighted by Gasteiger charge is -2.30. The average molecular weight is 368 g/mol.